The van der Waals surface area contributed by atoms with Crippen LogP contribution in [0.15, 0.2) is 4.90 Å². The van der Waals surface area contributed by atoms with Crippen molar-refractivity contribution in [2.45, 2.75) is 31.0 Å². The molecule has 1 aromatic heterocycles. The summed E-state index contributed by atoms with van der Waals surface area (Å²) >= 11 is 0. The van der Waals surface area contributed by atoms with Gasteiger partial charge in [-0.1, -0.05) is 0 Å². The highest BCUT2D eigenvalue weighted by molar-refractivity contribution is 7.89. The van der Waals surface area contributed by atoms with E-state index in [9.17, 15) is 21.6 Å². The van der Waals surface area contributed by atoms with E-state index in [2.05, 4.69) is 15.5 Å². The van der Waals surface area contributed by atoms with Gasteiger partial charge in [0.25, 0.3) is 0 Å². The molecule has 0 fully saturated rings. The Hall–Kier alpha value is -1.13. The van der Waals surface area contributed by atoms with E-state index in [1.807, 2.05) is 0 Å². The maximum atomic E-state index is 12.3. The van der Waals surface area contributed by atoms with Gasteiger partial charge in [-0.25, -0.2) is 12.7 Å². The van der Waals surface area contributed by atoms with E-state index in [0.717, 1.165) is 7.05 Å². The highest BCUT2D eigenvalue weighted by Crippen LogP contribution is 2.24. The van der Waals surface area contributed by atoms with Gasteiger partial charge < -0.3 is 5.32 Å². The molecule has 0 saturated heterocycles. The second-order valence-corrected chi connectivity index (χ2v) is 6.33. The summed E-state index contributed by atoms with van der Waals surface area (Å²) in [7, 11) is -1.26. The Morgan fingerprint density at radius 2 is 2.00 bits per heavy atom. The van der Waals surface area contributed by atoms with Gasteiger partial charge in [0.05, 0.1) is 17.8 Å². The Kier molecular flexibility index (Phi) is 5.16. The van der Waals surface area contributed by atoms with Crippen LogP contribution in [0.2, 0.25) is 0 Å². The number of H-pyrrole nitrogens is 1. The topological polar surface area (TPSA) is 78.1 Å². The summed E-state index contributed by atoms with van der Waals surface area (Å²) in [4.78, 5) is -0.0727. The molecule has 1 heterocycles. The summed E-state index contributed by atoms with van der Waals surface area (Å²) in [5, 5.41) is 9.14. The van der Waals surface area contributed by atoms with Crippen molar-refractivity contribution in [1.29, 1.82) is 0 Å². The fraction of sp³-hybridized carbons (Fsp3) is 0.700. The molecule has 20 heavy (non-hydrogen) atoms. The molecule has 1 rings (SSSR count). The van der Waals surface area contributed by atoms with Crippen molar-refractivity contribution in [1.82, 2.24) is 19.8 Å². The highest BCUT2D eigenvalue weighted by atomic mass is 32.2. The molecule has 0 aliphatic carbocycles. The van der Waals surface area contributed by atoms with Crippen molar-refractivity contribution in [2.24, 2.45) is 0 Å². The highest BCUT2D eigenvalue weighted by Gasteiger charge is 2.32. The molecule has 0 amide bonds. The first-order valence-electron chi connectivity index (χ1n) is 5.81. The predicted octanol–water partition coefficient (Wildman–Crippen LogP) is 1.01. The monoisotopic (exact) mass is 314 g/mol. The van der Waals surface area contributed by atoms with E-state index in [1.54, 1.807) is 7.05 Å². The Labute approximate surface area is 115 Å². The molecule has 0 aliphatic heterocycles. The van der Waals surface area contributed by atoms with Gasteiger partial charge in [0.1, 0.15) is 4.90 Å². The molecular formula is C10H17F3N4O2S. The first-order chi connectivity index (χ1) is 9.09. The lowest BCUT2D eigenvalue weighted by molar-refractivity contribution is -0.135. The summed E-state index contributed by atoms with van der Waals surface area (Å²) in [5.41, 5.74) is 0.554. The Morgan fingerprint density at radius 1 is 1.40 bits per heavy atom. The number of nitrogens with zero attached hydrogens (tertiary/aromatic N) is 2. The van der Waals surface area contributed by atoms with Crippen LogP contribution >= 0.6 is 0 Å². The van der Waals surface area contributed by atoms with Gasteiger partial charge in [-0.2, -0.15) is 18.3 Å². The third-order valence-electron chi connectivity index (χ3n) is 2.68. The summed E-state index contributed by atoms with van der Waals surface area (Å²) in [5.74, 6) is 0. The molecule has 0 aliphatic rings. The van der Waals surface area contributed by atoms with Gasteiger partial charge in [-0.15, -0.1) is 0 Å². The summed E-state index contributed by atoms with van der Waals surface area (Å²) in [6, 6.07) is 0. The SMILES string of the molecule is CNCc1n[nH]c(C)c1S(=O)(=O)N(C)CCC(F)(F)F. The van der Waals surface area contributed by atoms with Crippen molar-refractivity contribution in [3.05, 3.63) is 11.4 Å². The van der Waals surface area contributed by atoms with Crippen LogP contribution in [-0.4, -0.2) is 49.7 Å². The van der Waals surface area contributed by atoms with E-state index >= 15 is 0 Å². The lowest BCUT2D eigenvalue weighted by atomic mass is 10.4. The van der Waals surface area contributed by atoms with Crippen LogP contribution in [0.3, 0.4) is 0 Å². The van der Waals surface area contributed by atoms with E-state index in [-0.39, 0.29) is 17.1 Å². The predicted molar refractivity (Wildman–Crippen MR) is 66.6 cm³/mol. The maximum Gasteiger partial charge on any atom is 0.390 e. The second-order valence-electron chi connectivity index (χ2n) is 4.35. The number of rotatable bonds is 6. The zero-order valence-electron chi connectivity index (χ0n) is 11.4. The molecule has 10 heteroatoms. The second kappa shape index (κ2) is 6.10. The van der Waals surface area contributed by atoms with Gasteiger partial charge in [0, 0.05) is 20.1 Å². The number of halogens is 3. The van der Waals surface area contributed by atoms with Gasteiger partial charge in [-0.3, -0.25) is 5.10 Å². The van der Waals surface area contributed by atoms with Crippen molar-refractivity contribution in [3.63, 3.8) is 0 Å². The number of aromatic nitrogens is 2. The average Bonchev–Trinajstić information content (AvgIpc) is 2.67. The van der Waals surface area contributed by atoms with Crippen LogP contribution in [-0.2, 0) is 16.6 Å². The molecule has 0 aromatic carbocycles. The van der Waals surface area contributed by atoms with Crippen molar-refractivity contribution >= 4 is 10.0 Å². The molecule has 0 spiro atoms. The summed E-state index contributed by atoms with van der Waals surface area (Å²) in [6.07, 6.45) is -5.59. The first kappa shape index (κ1) is 16.9. The Bertz CT molecular complexity index is 553. The molecular weight excluding hydrogens is 297 g/mol. The maximum absolute atomic E-state index is 12.3. The normalized spacial score (nSPS) is 13.2. The van der Waals surface area contributed by atoms with Gasteiger partial charge in [0.15, 0.2) is 0 Å². The van der Waals surface area contributed by atoms with Crippen LogP contribution in [0.25, 0.3) is 0 Å². The minimum atomic E-state index is -4.40. The number of aromatic amines is 1. The summed E-state index contributed by atoms with van der Waals surface area (Å²) in [6.45, 7) is 1.08. The fourth-order valence-corrected chi connectivity index (χ4v) is 3.15. The largest absolute Gasteiger partial charge is 0.390 e. The Balaban J connectivity index is 3.01. The Morgan fingerprint density at radius 3 is 2.50 bits per heavy atom. The van der Waals surface area contributed by atoms with Crippen molar-refractivity contribution in [2.75, 3.05) is 20.6 Å². The quantitative estimate of drug-likeness (QED) is 0.821. The van der Waals surface area contributed by atoms with Crippen molar-refractivity contribution < 1.29 is 21.6 Å². The molecule has 6 nitrogen and oxygen atoms in total. The van der Waals surface area contributed by atoms with E-state index < -0.39 is 29.2 Å². The molecule has 0 bridgehead atoms. The zero-order chi connectivity index (χ0) is 15.6. The number of nitrogens with one attached hydrogen (secondary N) is 2. The molecule has 0 unspecified atom stereocenters. The van der Waals surface area contributed by atoms with Gasteiger partial charge >= 0.3 is 6.18 Å². The van der Waals surface area contributed by atoms with Crippen molar-refractivity contribution in [3.8, 4) is 0 Å². The molecule has 116 valence electrons. The fourth-order valence-electron chi connectivity index (χ4n) is 1.66. The van der Waals surface area contributed by atoms with Crippen LogP contribution in [0.5, 0.6) is 0 Å². The molecule has 1 aromatic rings. The van der Waals surface area contributed by atoms with E-state index in [0.29, 0.717) is 10.00 Å². The van der Waals surface area contributed by atoms with Crippen LogP contribution in [0.4, 0.5) is 13.2 Å². The molecule has 0 radical (unpaired) electrons. The first-order valence-corrected chi connectivity index (χ1v) is 7.25. The van der Waals surface area contributed by atoms with Gasteiger partial charge in [0.2, 0.25) is 10.0 Å². The van der Waals surface area contributed by atoms with Crippen LogP contribution in [0.1, 0.15) is 17.8 Å². The zero-order valence-corrected chi connectivity index (χ0v) is 12.2. The number of hydrogen-bond donors (Lipinski definition) is 2. The molecule has 0 saturated carbocycles. The summed E-state index contributed by atoms with van der Waals surface area (Å²) < 4.78 is 61.8. The van der Waals surface area contributed by atoms with Gasteiger partial charge in [-0.05, 0) is 14.0 Å². The molecule has 2 N–H and O–H groups in total. The third kappa shape index (κ3) is 3.93. The number of hydrogen-bond acceptors (Lipinski definition) is 4. The molecule has 0 atom stereocenters. The standard InChI is InChI=1S/C10H17F3N4O2S/c1-7-9(8(6-14-2)16-15-7)20(18,19)17(3)5-4-10(11,12)13/h14H,4-6H2,1-3H3,(H,15,16). The lowest BCUT2D eigenvalue weighted by Gasteiger charge is -2.18. The smallest absolute Gasteiger partial charge is 0.314 e. The van der Waals surface area contributed by atoms with Crippen LogP contribution < -0.4 is 5.32 Å². The van der Waals surface area contributed by atoms with Crippen LogP contribution in [0, 0.1) is 6.92 Å². The van der Waals surface area contributed by atoms with E-state index in [1.165, 1.54) is 6.92 Å². The number of aryl methyl sites for hydroxylation is 1. The van der Waals surface area contributed by atoms with E-state index in [4.69, 9.17) is 0 Å². The number of sulfonamides is 1. The minimum absolute atomic E-state index is 0.0727. The third-order valence-corrected chi connectivity index (χ3v) is 4.74. The average molecular weight is 314 g/mol. The lowest BCUT2D eigenvalue weighted by Crippen LogP contribution is -2.31. The number of alkyl halides is 3. The minimum Gasteiger partial charge on any atom is -0.314 e.